The van der Waals surface area contributed by atoms with Crippen molar-refractivity contribution in [2.75, 3.05) is 0 Å². The molecule has 0 unspecified atom stereocenters. The average molecular weight is 368 g/mol. The van der Waals surface area contributed by atoms with Crippen LogP contribution in [0.4, 0.5) is 0 Å². The summed E-state index contributed by atoms with van der Waals surface area (Å²) in [4.78, 5) is 24.7. The maximum absolute atomic E-state index is 12.1. The van der Waals surface area contributed by atoms with E-state index in [2.05, 4.69) is 10.5 Å². The first kappa shape index (κ1) is 16.3. The van der Waals surface area contributed by atoms with Crippen LogP contribution in [-0.4, -0.2) is 15.0 Å². The van der Waals surface area contributed by atoms with Gasteiger partial charge in [-0.05, 0) is 24.3 Å². The zero-order valence-corrected chi connectivity index (χ0v) is 14.8. The highest BCUT2D eigenvalue weighted by Gasteiger charge is 2.10. The Balaban J connectivity index is 1.49. The number of amides is 1. The van der Waals surface area contributed by atoms with Crippen LogP contribution in [0.15, 0.2) is 62.8 Å². The normalized spacial score (nSPS) is 12.1. The number of fused-ring (bicyclic) bond motifs is 2. The molecular weight excluding hydrogens is 352 g/mol. The van der Waals surface area contributed by atoms with Crippen LogP contribution < -0.4 is 16.0 Å². The van der Waals surface area contributed by atoms with E-state index in [1.165, 1.54) is 15.9 Å². The SMILES string of the molecule is Cn1/c(=N\NC(=O)CCn2c(=O)oc3ccccc32)sc2ccccc21. The molecule has 0 saturated carbocycles. The van der Waals surface area contributed by atoms with Gasteiger partial charge in [0, 0.05) is 20.0 Å². The van der Waals surface area contributed by atoms with Gasteiger partial charge in [0.05, 0.1) is 15.7 Å². The summed E-state index contributed by atoms with van der Waals surface area (Å²) in [6.07, 6.45) is 0.127. The molecule has 2 aromatic heterocycles. The number of carbonyl (C=O) groups excluding carboxylic acids is 1. The predicted octanol–water partition coefficient (Wildman–Crippen LogP) is 2.17. The molecule has 8 heteroatoms. The first-order valence-corrected chi connectivity index (χ1v) is 8.90. The van der Waals surface area contributed by atoms with E-state index in [-0.39, 0.29) is 18.9 Å². The van der Waals surface area contributed by atoms with E-state index in [9.17, 15) is 9.59 Å². The Morgan fingerprint density at radius 1 is 1.15 bits per heavy atom. The lowest BCUT2D eigenvalue weighted by atomic mass is 10.3. The van der Waals surface area contributed by atoms with Crippen LogP contribution in [0.5, 0.6) is 0 Å². The summed E-state index contributed by atoms with van der Waals surface area (Å²) in [6.45, 7) is 0.232. The minimum atomic E-state index is -0.466. The molecule has 0 aliphatic carbocycles. The minimum Gasteiger partial charge on any atom is -0.408 e. The summed E-state index contributed by atoms with van der Waals surface area (Å²) in [5.41, 5.74) is 4.81. The first-order valence-electron chi connectivity index (χ1n) is 8.09. The Labute approximate surface area is 151 Å². The van der Waals surface area contributed by atoms with E-state index in [1.807, 2.05) is 41.9 Å². The summed E-state index contributed by atoms with van der Waals surface area (Å²) in [5, 5.41) is 4.20. The van der Waals surface area contributed by atoms with Gasteiger partial charge >= 0.3 is 5.76 Å². The van der Waals surface area contributed by atoms with Gasteiger partial charge in [-0.3, -0.25) is 9.36 Å². The van der Waals surface area contributed by atoms with Gasteiger partial charge in [-0.1, -0.05) is 35.6 Å². The molecule has 132 valence electrons. The summed E-state index contributed by atoms with van der Waals surface area (Å²) in [5.74, 6) is -0.730. The van der Waals surface area contributed by atoms with E-state index in [4.69, 9.17) is 4.42 Å². The molecule has 0 saturated heterocycles. The van der Waals surface area contributed by atoms with Gasteiger partial charge in [0.2, 0.25) is 10.7 Å². The second kappa shape index (κ2) is 6.64. The second-order valence-electron chi connectivity index (χ2n) is 5.80. The van der Waals surface area contributed by atoms with E-state index in [1.54, 1.807) is 18.2 Å². The number of para-hydroxylation sites is 3. The Bertz CT molecular complexity index is 1230. The lowest BCUT2D eigenvalue weighted by Gasteiger charge is -2.01. The lowest BCUT2D eigenvalue weighted by molar-refractivity contribution is -0.121. The molecule has 0 bridgehead atoms. The van der Waals surface area contributed by atoms with Gasteiger partial charge in [0.15, 0.2) is 5.58 Å². The number of oxazole rings is 1. The maximum Gasteiger partial charge on any atom is 0.419 e. The predicted molar refractivity (Wildman–Crippen MR) is 99.6 cm³/mol. The lowest BCUT2D eigenvalue weighted by Crippen LogP contribution is -2.25. The van der Waals surface area contributed by atoms with Crippen molar-refractivity contribution >= 4 is 38.6 Å². The van der Waals surface area contributed by atoms with Crippen molar-refractivity contribution in [1.82, 2.24) is 14.6 Å². The van der Waals surface area contributed by atoms with Crippen molar-refractivity contribution in [3.63, 3.8) is 0 Å². The highest BCUT2D eigenvalue weighted by Crippen LogP contribution is 2.15. The fraction of sp³-hybridized carbons (Fsp3) is 0.167. The van der Waals surface area contributed by atoms with Crippen LogP contribution in [0, 0.1) is 0 Å². The molecule has 2 aromatic carbocycles. The molecule has 2 heterocycles. The van der Waals surface area contributed by atoms with E-state index >= 15 is 0 Å². The molecule has 0 fully saturated rings. The highest BCUT2D eigenvalue weighted by molar-refractivity contribution is 7.16. The largest absolute Gasteiger partial charge is 0.419 e. The number of aromatic nitrogens is 2. The molecule has 0 spiro atoms. The molecular formula is C18H16N4O3S. The molecule has 0 atom stereocenters. The number of hydrogen-bond acceptors (Lipinski definition) is 5. The maximum atomic E-state index is 12.1. The molecule has 0 radical (unpaired) electrons. The Morgan fingerprint density at radius 2 is 1.88 bits per heavy atom. The topological polar surface area (TPSA) is 81.5 Å². The number of hydrogen-bond donors (Lipinski definition) is 1. The number of nitrogens with one attached hydrogen (secondary N) is 1. The number of benzene rings is 2. The number of rotatable bonds is 4. The highest BCUT2D eigenvalue weighted by atomic mass is 32.1. The third-order valence-electron chi connectivity index (χ3n) is 4.13. The molecule has 4 rings (SSSR count). The van der Waals surface area contributed by atoms with Crippen LogP contribution in [0.25, 0.3) is 21.3 Å². The Kier molecular flexibility index (Phi) is 4.18. The van der Waals surface area contributed by atoms with Crippen LogP contribution in [0.2, 0.25) is 0 Å². The quantitative estimate of drug-likeness (QED) is 0.561. The Hall–Kier alpha value is -3.13. The molecule has 26 heavy (non-hydrogen) atoms. The van der Waals surface area contributed by atoms with Crippen molar-refractivity contribution in [2.45, 2.75) is 13.0 Å². The van der Waals surface area contributed by atoms with Gasteiger partial charge in [0.25, 0.3) is 0 Å². The van der Waals surface area contributed by atoms with Crippen molar-refractivity contribution in [3.05, 3.63) is 63.9 Å². The van der Waals surface area contributed by atoms with Crippen LogP contribution >= 0.6 is 11.3 Å². The molecule has 0 aliphatic heterocycles. The van der Waals surface area contributed by atoms with E-state index in [0.717, 1.165) is 10.2 Å². The van der Waals surface area contributed by atoms with Gasteiger partial charge in [0.1, 0.15) is 0 Å². The first-order chi connectivity index (χ1) is 12.6. The number of aryl methyl sites for hydroxylation is 2. The van der Waals surface area contributed by atoms with Gasteiger partial charge < -0.3 is 8.98 Å². The third kappa shape index (κ3) is 2.95. The summed E-state index contributed by atoms with van der Waals surface area (Å²) in [6, 6.07) is 15.1. The molecule has 7 nitrogen and oxygen atoms in total. The molecule has 1 amide bonds. The zero-order chi connectivity index (χ0) is 18.1. The summed E-state index contributed by atoms with van der Waals surface area (Å²) >= 11 is 1.50. The second-order valence-corrected chi connectivity index (χ2v) is 6.80. The fourth-order valence-corrected chi connectivity index (χ4v) is 3.77. The van der Waals surface area contributed by atoms with Crippen molar-refractivity contribution in [3.8, 4) is 0 Å². The van der Waals surface area contributed by atoms with Crippen LogP contribution in [0.3, 0.4) is 0 Å². The fourth-order valence-electron chi connectivity index (χ4n) is 2.79. The monoisotopic (exact) mass is 368 g/mol. The molecule has 1 N–H and O–H groups in total. The average Bonchev–Trinajstić information content (AvgIpc) is 3.15. The van der Waals surface area contributed by atoms with Crippen molar-refractivity contribution < 1.29 is 9.21 Å². The van der Waals surface area contributed by atoms with Gasteiger partial charge in [-0.2, -0.15) is 0 Å². The minimum absolute atomic E-state index is 0.127. The van der Waals surface area contributed by atoms with Crippen molar-refractivity contribution in [2.24, 2.45) is 12.1 Å². The van der Waals surface area contributed by atoms with Crippen LogP contribution in [-0.2, 0) is 18.4 Å². The summed E-state index contributed by atoms with van der Waals surface area (Å²) < 4.78 is 9.63. The van der Waals surface area contributed by atoms with Gasteiger partial charge in [-0.15, -0.1) is 5.10 Å². The van der Waals surface area contributed by atoms with E-state index < -0.39 is 5.76 Å². The molecule has 0 aliphatic rings. The smallest absolute Gasteiger partial charge is 0.408 e. The Morgan fingerprint density at radius 3 is 2.69 bits per heavy atom. The molecule has 4 aromatic rings. The number of carbonyl (C=O) groups is 1. The number of thiazole rings is 1. The van der Waals surface area contributed by atoms with E-state index in [0.29, 0.717) is 15.9 Å². The standard InChI is InChI=1S/C18H16N4O3S/c1-21-13-7-3-5-9-15(13)26-17(21)20-19-16(23)10-11-22-12-6-2-4-8-14(12)25-18(22)24/h2-9H,10-11H2,1H3,(H,19,23)/b20-17+. The summed E-state index contributed by atoms with van der Waals surface area (Å²) in [7, 11) is 1.90. The van der Waals surface area contributed by atoms with Crippen molar-refractivity contribution in [1.29, 1.82) is 0 Å². The van der Waals surface area contributed by atoms with Crippen LogP contribution in [0.1, 0.15) is 6.42 Å². The third-order valence-corrected chi connectivity index (χ3v) is 5.24. The van der Waals surface area contributed by atoms with Gasteiger partial charge in [-0.25, -0.2) is 10.2 Å². The zero-order valence-electron chi connectivity index (χ0n) is 14.0. The number of nitrogens with zero attached hydrogens (tertiary/aromatic N) is 3.